The van der Waals surface area contributed by atoms with Gasteiger partial charge in [0, 0.05) is 18.3 Å². The van der Waals surface area contributed by atoms with Crippen molar-refractivity contribution in [3.8, 4) is 0 Å². The molecule has 1 unspecified atom stereocenters. The van der Waals surface area contributed by atoms with Crippen molar-refractivity contribution in [3.63, 3.8) is 0 Å². The van der Waals surface area contributed by atoms with Gasteiger partial charge in [0.15, 0.2) is 0 Å². The van der Waals surface area contributed by atoms with Crippen LogP contribution in [-0.4, -0.2) is 23.5 Å². The molecule has 0 aromatic carbocycles. The van der Waals surface area contributed by atoms with Crippen molar-refractivity contribution >= 4 is 5.91 Å². The normalized spacial score (nSPS) is 17.2. The monoisotopic (exact) mass is 221 g/mol. The van der Waals surface area contributed by atoms with Crippen LogP contribution in [0.1, 0.15) is 34.6 Å². The summed E-state index contributed by atoms with van der Waals surface area (Å²) >= 11 is 0. The molecule has 0 saturated heterocycles. The van der Waals surface area contributed by atoms with Gasteiger partial charge in [-0.15, -0.1) is 0 Å². The fraction of sp³-hybridized carbons (Fsp3) is 0.583. The van der Waals surface area contributed by atoms with Gasteiger partial charge in [-0.25, -0.2) is 0 Å². The molecule has 1 atom stereocenters. The van der Waals surface area contributed by atoms with Gasteiger partial charge in [0.2, 0.25) is 0 Å². The predicted octanol–water partition coefficient (Wildman–Crippen LogP) is 1.10. The molecule has 88 valence electrons. The van der Waals surface area contributed by atoms with E-state index >= 15 is 0 Å². The number of hydrogen-bond donors (Lipinski definition) is 3. The van der Waals surface area contributed by atoms with Gasteiger partial charge in [-0.3, -0.25) is 4.79 Å². The Morgan fingerprint density at radius 3 is 2.81 bits per heavy atom. The van der Waals surface area contributed by atoms with Crippen molar-refractivity contribution in [3.05, 3.63) is 23.0 Å². The van der Waals surface area contributed by atoms with E-state index in [2.05, 4.69) is 10.3 Å². The Bertz CT molecular complexity index is 393. The third-order valence-electron chi connectivity index (χ3n) is 3.10. The van der Waals surface area contributed by atoms with Gasteiger partial charge < -0.3 is 16.0 Å². The Hall–Kier alpha value is -1.29. The number of hydrogen-bond acceptors (Lipinski definition) is 2. The maximum Gasteiger partial charge on any atom is 0.268 e. The SMILES string of the molecule is Cc1cc(C)c(C(=O)NCC(N)C2CC2)[nH]1. The molecule has 1 fully saturated rings. The molecule has 1 aromatic heterocycles. The molecule has 2 rings (SSSR count). The zero-order valence-electron chi connectivity index (χ0n) is 9.84. The predicted molar refractivity (Wildman–Crippen MR) is 63.3 cm³/mol. The fourth-order valence-corrected chi connectivity index (χ4v) is 1.95. The largest absolute Gasteiger partial charge is 0.354 e. The Labute approximate surface area is 95.6 Å². The summed E-state index contributed by atoms with van der Waals surface area (Å²) in [7, 11) is 0. The molecule has 1 aliphatic carbocycles. The van der Waals surface area contributed by atoms with Crippen molar-refractivity contribution in [2.24, 2.45) is 11.7 Å². The number of amides is 1. The van der Waals surface area contributed by atoms with Crippen LogP contribution in [-0.2, 0) is 0 Å². The van der Waals surface area contributed by atoms with Gasteiger partial charge in [-0.05, 0) is 44.2 Å². The minimum atomic E-state index is -0.0540. The van der Waals surface area contributed by atoms with E-state index in [1.165, 1.54) is 12.8 Å². The van der Waals surface area contributed by atoms with Crippen molar-refractivity contribution in [2.75, 3.05) is 6.54 Å². The van der Waals surface area contributed by atoms with E-state index in [-0.39, 0.29) is 11.9 Å². The van der Waals surface area contributed by atoms with Gasteiger partial charge in [-0.1, -0.05) is 0 Å². The Kier molecular flexibility index (Phi) is 3.01. The van der Waals surface area contributed by atoms with Crippen LogP contribution >= 0.6 is 0 Å². The molecule has 1 saturated carbocycles. The van der Waals surface area contributed by atoms with Gasteiger partial charge >= 0.3 is 0 Å². The lowest BCUT2D eigenvalue weighted by atomic mass is 10.2. The molecule has 16 heavy (non-hydrogen) atoms. The number of carbonyl (C=O) groups is 1. The quantitative estimate of drug-likeness (QED) is 0.712. The lowest BCUT2D eigenvalue weighted by Gasteiger charge is -2.11. The highest BCUT2D eigenvalue weighted by Gasteiger charge is 2.28. The third-order valence-corrected chi connectivity index (χ3v) is 3.10. The van der Waals surface area contributed by atoms with Crippen LogP contribution in [0.4, 0.5) is 0 Å². The maximum absolute atomic E-state index is 11.8. The van der Waals surface area contributed by atoms with Crippen LogP contribution in [0.25, 0.3) is 0 Å². The van der Waals surface area contributed by atoms with Gasteiger partial charge in [0.1, 0.15) is 5.69 Å². The number of H-pyrrole nitrogens is 1. The third kappa shape index (κ3) is 2.44. The smallest absolute Gasteiger partial charge is 0.268 e. The minimum Gasteiger partial charge on any atom is -0.354 e. The Balaban J connectivity index is 1.89. The van der Waals surface area contributed by atoms with E-state index in [4.69, 9.17) is 5.73 Å². The average molecular weight is 221 g/mol. The first-order chi connectivity index (χ1) is 7.58. The molecule has 4 nitrogen and oxygen atoms in total. The fourth-order valence-electron chi connectivity index (χ4n) is 1.95. The number of rotatable bonds is 4. The van der Waals surface area contributed by atoms with Crippen LogP contribution in [0.2, 0.25) is 0 Å². The number of nitrogens with one attached hydrogen (secondary N) is 2. The summed E-state index contributed by atoms with van der Waals surface area (Å²) in [6.07, 6.45) is 2.41. The van der Waals surface area contributed by atoms with Crippen LogP contribution in [0.5, 0.6) is 0 Å². The van der Waals surface area contributed by atoms with Crippen molar-refractivity contribution < 1.29 is 4.79 Å². The molecular formula is C12H19N3O. The molecule has 0 bridgehead atoms. The molecule has 0 spiro atoms. The molecule has 0 radical (unpaired) electrons. The average Bonchev–Trinajstić information content (AvgIpc) is 3.01. The van der Waals surface area contributed by atoms with E-state index in [0.717, 1.165) is 11.3 Å². The lowest BCUT2D eigenvalue weighted by molar-refractivity contribution is 0.0945. The number of nitrogens with two attached hydrogens (primary N) is 1. The standard InChI is InChI=1S/C12H19N3O/c1-7-5-8(2)15-11(7)12(16)14-6-10(13)9-3-4-9/h5,9-10,15H,3-4,6,13H2,1-2H3,(H,14,16). The molecule has 1 heterocycles. The van der Waals surface area contributed by atoms with Crippen molar-refractivity contribution in [2.45, 2.75) is 32.7 Å². The molecule has 4 heteroatoms. The molecular weight excluding hydrogens is 202 g/mol. The van der Waals surface area contributed by atoms with Crippen molar-refractivity contribution in [1.29, 1.82) is 0 Å². The second kappa shape index (κ2) is 4.29. The van der Waals surface area contributed by atoms with Crippen molar-refractivity contribution in [1.82, 2.24) is 10.3 Å². The number of aromatic nitrogens is 1. The van der Waals surface area contributed by atoms with E-state index in [1.807, 2.05) is 19.9 Å². The highest BCUT2D eigenvalue weighted by atomic mass is 16.1. The van der Waals surface area contributed by atoms with E-state index in [1.54, 1.807) is 0 Å². The first-order valence-electron chi connectivity index (χ1n) is 5.78. The van der Waals surface area contributed by atoms with Crippen LogP contribution in [0.3, 0.4) is 0 Å². The van der Waals surface area contributed by atoms with Gasteiger partial charge in [-0.2, -0.15) is 0 Å². The van der Waals surface area contributed by atoms with Gasteiger partial charge in [0.05, 0.1) is 0 Å². The molecule has 0 aliphatic heterocycles. The topological polar surface area (TPSA) is 70.9 Å². The lowest BCUT2D eigenvalue weighted by Crippen LogP contribution is -2.38. The summed E-state index contributed by atoms with van der Waals surface area (Å²) in [6.45, 7) is 4.44. The summed E-state index contributed by atoms with van der Waals surface area (Å²) in [5, 5.41) is 2.88. The summed E-state index contributed by atoms with van der Waals surface area (Å²) in [4.78, 5) is 14.9. The second-order valence-electron chi connectivity index (χ2n) is 4.72. The molecule has 4 N–H and O–H groups in total. The van der Waals surface area contributed by atoms with Crippen LogP contribution < -0.4 is 11.1 Å². The highest BCUT2D eigenvalue weighted by Crippen LogP contribution is 2.31. The Morgan fingerprint density at radius 2 is 2.31 bits per heavy atom. The zero-order chi connectivity index (χ0) is 11.7. The number of aryl methyl sites for hydroxylation is 2. The van der Waals surface area contributed by atoms with E-state index in [0.29, 0.717) is 18.2 Å². The summed E-state index contributed by atoms with van der Waals surface area (Å²) < 4.78 is 0. The van der Waals surface area contributed by atoms with E-state index < -0.39 is 0 Å². The van der Waals surface area contributed by atoms with Gasteiger partial charge in [0.25, 0.3) is 5.91 Å². The first-order valence-corrected chi connectivity index (χ1v) is 5.78. The van der Waals surface area contributed by atoms with Crippen LogP contribution in [0.15, 0.2) is 6.07 Å². The summed E-state index contributed by atoms with van der Waals surface area (Å²) in [5.41, 5.74) is 8.57. The first kappa shape index (κ1) is 11.2. The number of aromatic amines is 1. The maximum atomic E-state index is 11.8. The molecule has 1 aromatic rings. The van der Waals surface area contributed by atoms with E-state index in [9.17, 15) is 4.79 Å². The second-order valence-corrected chi connectivity index (χ2v) is 4.72. The minimum absolute atomic E-state index is 0.0540. The molecule has 1 aliphatic rings. The highest BCUT2D eigenvalue weighted by molar-refractivity contribution is 5.94. The number of carbonyl (C=O) groups excluding carboxylic acids is 1. The summed E-state index contributed by atoms with van der Waals surface area (Å²) in [6, 6.07) is 2.08. The zero-order valence-corrected chi connectivity index (χ0v) is 9.84. The van der Waals surface area contributed by atoms with Crippen LogP contribution in [0, 0.1) is 19.8 Å². The Morgan fingerprint density at radius 1 is 1.62 bits per heavy atom. The summed E-state index contributed by atoms with van der Waals surface area (Å²) in [5.74, 6) is 0.563. The molecule has 1 amide bonds.